The lowest BCUT2D eigenvalue weighted by Gasteiger charge is -2.16. The molecule has 1 aromatic carbocycles. The fraction of sp³-hybridized carbons (Fsp3) is 0.321. The molecule has 0 atom stereocenters. The van der Waals surface area contributed by atoms with Crippen LogP contribution >= 0.6 is 0 Å². The van der Waals surface area contributed by atoms with Crippen LogP contribution in [-0.4, -0.2) is 45.6 Å². The van der Waals surface area contributed by atoms with Crippen molar-refractivity contribution in [1.82, 2.24) is 15.0 Å². The predicted octanol–water partition coefficient (Wildman–Crippen LogP) is 7.07. The van der Waals surface area contributed by atoms with E-state index in [1.165, 1.54) is 6.92 Å². The summed E-state index contributed by atoms with van der Waals surface area (Å²) in [6.45, 7) is 12.4. The molecule has 9 heteroatoms. The van der Waals surface area contributed by atoms with Crippen molar-refractivity contribution >= 4 is 22.6 Å². The Labute approximate surface area is 215 Å². The number of benzene rings is 1. The lowest BCUT2D eigenvalue weighted by molar-refractivity contribution is -0.113. The fourth-order valence-electron chi connectivity index (χ4n) is 3.39. The van der Waals surface area contributed by atoms with Crippen LogP contribution in [0.4, 0.5) is 19.0 Å². The first-order valence-electron chi connectivity index (χ1n) is 11.7. The summed E-state index contributed by atoms with van der Waals surface area (Å²) >= 11 is 0. The third kappa shape index (κ3) is 8.06. The molecular formula is C28H33F3N4O2. The van der Waals surface area contributed by atoms with Gasteiger partial charge in [0, 0.05) is 30.8 Å². The van der Waals surface area contributed by atoms with Crippen molar-refractivity contribution in [2.75, 3.05) is 18.5 Å². The van der Waals surface area contributed by atoms with Gasteiger partial charge in [-0.2, -0.15) is 13.2 Å². The number of allylic oxidation sites excluding steroid dienone is 5. The smallest absolute Gasteiger partial charge is 0.412 e. The topological polar surface area (TPSA) is 82.1 Å². The molecule has 0 amide bonds. The number of nitrogens with one attached hydrogen (secondary N) is 1. The number of carbonyl (C=O) groups is 1. The number of aromatic hydroxyl groups is 1. The Morgan fingerprint density at radius 2 is 1.86 bits per heavy atom. The zero-order valence-electron chi connectivity index (χ0n) is 22.0. The number of anilines is 1. The van der Waals surface area contributed by atoms with Crippen molar-refractivity contribution < 1.29 is 23.1 Å². The van der Waals surface area contributed by atoms with E-state index in [2.05, 4.69) is 33.4 Å². The normalized spacial score (nSPS) is 12.2. The first kappa shape index (κ1) is 29.4. The van der Waals surface area contributed by atoms with E-state index in [1.54, 1.807) is 19.2 Å². The number of carbonyl (C=O) groups excluding carboxylic acids is 1. The molecule has 0 unspecified atom stereocenters. The number of nitrogens with zero attached hydrogens (tertiary/aromatic N) is 3. The number of hydrogen-bond donors (Lipinski definition) is 2. The zero-order chi connectivity index (χ0) is 27.9. The van der Waals surface area contributed by atoms with Gasteiger partial charge in [0.2, 0.25) is 0 Å². The molecule has 0 spiro atoms. The number of pyridine rings is 1. The third-order valence-electron chi connectivity index (χ3n) is 5.50. The van der Waals surface area contributed by atoms with Crippen LogP contribution in [-0.2, 0) is 4.79 Å². The van der Waals surface area contributed by atoms with Gasteiger partial charge in [-0.15, -0.1) is 0 Å². The maximum atomic E-state index is 12.1. The number of ketones is 1. The number of Topliss-reactive ketones (excluding diaryl/α,β-unsaturated/α-hetero) is 1. The third-order valence-corrected chi connectivity index (χ3v) is 5.50. The number of alkyl halides is 3. The van der Waals surface area contributed by atoms with Gasteiger partial charge in [-0.3, -0.25) is 4.79 Å². The highest BCUT2D eigenvalue weighted by Crippen LogP contribution is 2.30. The Bertz CT molecular complexity index is 1320. The average Bonchev–Trinajstić information content (AvgIpc) is 3.23. The van der Waals surface area contributed by atoms with E-state index in [-0.39, 0.29) is 17.1 Å². The highest BCUT2D eigenvalue weighted by Gasteiger charge is 2.29. The molecule has 0 aliphatic heterocycles. The molecule has 0 saturated heterocycles. The van der Waals surface area contributed by atoms with E-state index in [0.29, 0.717) is 17.0 Å². The van der Waals surface area contributed by atoms with Crippen LogP contribution in [0.3, 0.4) is 0 Å². The van der Waals surface area contributed by atoms with Crippen molar-refractivity contribution in [1.29, 1.82) is 0 Å². The van der Waals surface area contributed by atoms with Crippen LogP contribution in [0.2, 0.25) is 0 Å². The van der Waals surface area contributed by atoms with E-state index < -0.39 is 11.7 Å². The second kappa shape index (κ2) is 12.4. The number of imidazole rings is 1. The van der Waals surface area contributed by atoms with Gasteiger partial charge in [-0.1, -0.05) is 37.3 Å². The summed E-state index contributed by atoms with van der Waals surface area (Å²) in [5.74, 6) is 1.49. The van der Waals surface area contributed by atoms with Crippen molar-refractivity contribution in [3.8, 4) is 17.1 Å². The standard InChI is InChI=1S/C17H20N4O.C11H13F3O/c1-4-7-21(3)16-9-13-14(10-18-16)20-17(19-13)12-8-11(2)5-6-15(12)22;1-7(2)10(9(4)15)6-5-8(3)11(12,13)14/h5-6,8-10,22H,4,7H2,1-3H3,(H,19,20);5-6H,1H2,2-4H3/b;8-5+,10-6+. The first-order valence-corrected chi connectivity index (χ1v) is 11.7. The largest absolute Gasteiger partial charge is 0.507 e. The number of phenols is 1. The van der Waals surface area contributed by atoms with Gasteiger partial charge in [0.15, 0.2) is 5.78 Å². The van der Waals surface area contributed by atoms with Crippen LogP contribution in [0.25, 0.3) is 22.4 Å². The van der Waals surface area contributed by atoms with Crippen molar-refractivity contribution in [2.24, 2.45) is 0 Å². The molecule has 0 aliphatic carbocycles. The Kier molecular flexibility index (Phi) is 9.82. The van der Waals surface area contributed by atoms with Gasteiger partial charge in [-0.05, 0) is 51.8 Å². The number of phenolic OH excluding ortho intramolecular Hbond substituents is 1. The van der Waals surface area contributed by atoms with Crippen LogP contribution in [0.15, 0.2) is 65.9 Å². The van der Waals surface area contributed by atoms with Gasteiger partial charge in [-0.25, -0.2) is 9.97 Å². The minimum atomic E-state index is -4.35. The summed E-state index contributed by atoms with van der Waals surface area (Å²) in [7, 11) is 2.03. The molecule has 0 aliphatic rings. The molecule has 2 heterocycles. The molecule has 0 saturated carbocycles. The Morgan fingerprint density at radius 1 is 1.19 bits per heavy atom. The second-order valence-corrected chi connectivity index (χ2v) is 8.85. The molecule has 2 aromatic heterocycles. The van der Waals surface area contributed by atoms with Crippen molar-refractivity contribution in [2.45, 2.75) is 47.2 Å². The number of aryl methyl sites for hydroxylation is 1. The molecular weight excluding hydrogens is 481 g/mol. The molecule has 2 N–H and O–H groups in total. The summed E-state index contributed by atoms with van der Waals surface area (Å²) in [5, 5.41) is 10.0. The van der Waals surface area contributed by atoms with Gasteiger partial charge >= 0.3 is 6.18 Å². The summed E-state index contributed by atoms with van der Waals surface area (Å²) < 4.78 is 36.3. The van der Waals surface area contributed by atoms with Gasteiger partial charge in [0.05, 0.1) is 22.8 Å². The minimum absolute atomic E-state index is 0.207. The lowest BCUT2D eigenvalue weighted by Crippen LogP contribution is -2.18. The average molecular weight is 515 g/mol. The molecule has 37 heavy (non-hydrogen) atoms. The highest BCUT2D eigenvalue weighted by molar-refractivity contribution is 5.97. The summed E-state index contributed by atoms with van der Waals surface area (Å²) in [6.07, 6.45) is 0.533. The molecule has 3 rings (SSSR count). The highest BCUT2D eigenvalue weighted by atomic mass is 19.4. The van der Waals surface area contributed by atoms with E-state index in [0.717, 1.165) is 54.5 Å². The van der Waals surface area contributed by atoms with Crippen LogP contribution in [0.5, 0.6) is 5.75 Å². The number of rotatable bonds is 7. The quantitative estimate of drug-likeness (QED) is 0.260. The maximum absolute atomic E-state index is 12.1. The summed E-state index contributed by atoms with van der Waals surface area (Å²) in [5.41, 5.74) is 3.41. The SMILES string of the molecule is C=C(C)/C(=C\C=C(/C)C(F)(F)F)C(C)=O.CCCN(C)c1cc2nc(-c3cc(C)ccc3O)[nH]c2cn1. The monoisotopic (exact) mass is 514 g/mol. The molecule has 3 aromatic rings. The van der Waals surface area contributed by atoms with Gasteiger partial charge in [0.1, 0.15) is 17.4 Å². The fourth-order valence-corrected chi connectivity index (χ4v) is 3.39. The lowest BCUT2D eigenvalue weighted by atomic mass is 10.0. The predicted molar refractivity (Wildman–Crippen MR) is 143 cm³/mol. The second-order valence-electron chi connectivity index (χ2n) is 8.85. The number of aromatic amines is 1. The summed E-state index contributed by atoms with van der Waals surface area (Å²) in [6, 6.07) is 7.46. The molecule has 198 valence electrons. The Hall–Kier alpha value is -3.88. The first-order chi connectivity index (χ1) is 17.2. The molecule has 6 nitrogen and oxygen atoms in total. The number of aromatic nitrogens is 3. The molecule has 0 fully saturated rings. The van der Waals surface area contributed by atoms with Crippen molar-refractivity contribution in [3.05, 3.63) is 71.5 Å². The van der Waals surface area contributed by atoms with E-state index in [9.17, 15) is 23.1 Å². The Balaban J connectivity index is 0.000000283. The van der Waals surface area contributed by atoms with Crippen LogP contribution in [0, 0.1) is 6.92 Å². The number of H-pyrrole nitrogens is 1. The van der Waals surface area contributed by atoms with Gasteiger partial charge < -0.3 is 15.0 Å². The minimum Gasteiger partial charge on any atom is -0.507 e. The van der Waals surface area contributed by atoms with Crippen LogP contribution < -0.4 is 4.90 Å². The zero-order valence-corrected chi connectivity index (χ0v) is 22.0. The van der Waals surface area contributed by atoms with Gasteiger partial charge in [0.25, 0.3) is 0 Å². The number of halogens is 3. The van der Waals surface area contributed by atoms with Crippen molar-refractivity contribution in [3.63, 3.8) is 0 Å². The van der Waals surface area contributed by atoms with E-state index in [1.807, 2.05) is 32.2 Å². The maximum Gasteiger partial charge on any atom is 0.412 e. The van der Waals surface area contributed by atoms with Crippen LogP contribution in [0.1, 0.15) is 39.7 Å². The number of fused-ring (bicyclic) bond motifs is 1. The van der Waals surface area contributed by atoms with E-state index in [4.69, 9.17) is 0 Å². The van der Waals surface area contributed by atoms with E-state index >= 15 is 0 Å². The Morgan fingerprint density at radius 3 is 2.43 bits per heavy atom. The number of hydrogen-bond acceptors (Lipinski definition) is 5. The summed E-state index contributed by atoms with van der Waals surface area (Å²) in [4.78, 5) is 25.4. The molecule has 0 bridgehead atoms. The molecule has 0 radical (unpaired) electrons.